The maximum absolute atomic E-state index is 12.0. The molecule has 0 radical (unpaired) electrons. The molecule has 0 aliphatic carbocycles. The Morgan fingerprint density at radius 3 is 1.23 bits per heavy atom. The molecule has 0 aromatic carbocycles. The van der Waals surface area contributed by atoms with Crippen molar-refractivity contribution in [1.29, 1.82) is 0 Å². The summed E-state index contributed by atoms with van der Waals surface area (Å²) in [6, 6.07) is -0.234. The molecule has 0 N–H and O–H groups in total. The van der Waals surface area contributed by atoms with Crippen LogP contribution in [-0.2, 0) is 47.5 Å². The number of aromatic nitrogens is 3. The Morgan fingerprint density at radius 1 is 0.605 bits per heavy atom. The van der Waals surface area contributed by atoms with Gasteiger partial charge in [-0.15, -0.1) is 0 Å². The predicted molar refractivity (Wildman–Crippen MR) is 151 cm³/mol. The van der Waals surface area contributed by atoms with Gasteiger partial charge in [-0.2, -0.15) is 15.0 Å². The molecule has 4 amide bonds. The third kappa shape index (κ3) is 10.4. The molecule has 246 valence electrons. The fraction of sp³-hybridized carbons (Fsp3) is 0.750. The van der Waals surface area contributed by atoms with Crippen LogP contribution in [0.2, 0.25) is 0 Å². The average molecular weight is 621 g/mol. The van der Waals surface area contributed by atoms with E-state index in [2.05, 4.69) is 15.0 Å². The average Bonchev–Trinajstić information content (AvgIpc) is 3.23. The molecule has 1 saturated heterocycles. The first kappa shape index (κ1) is 37.7. The maximum atomic E-state index is 12.0. The normalized spacial score (nSPS) is 16.2. The van der Waals surface area contributed by atoms with Gasteiger partial charge in [0.1, 0.15) is 40.4 Å². The second kappa shape index (κ2) is 19.8. The van der Waals surface area contributed by atoms with Gasteiger partial charge in [0.05, 0.1) is 0 Å². The first-order chi connectivity index (χ1) is 20.6. The largest absolute Gasteiger partial charge is 0.364 e. The molecule has 0 bridgehead atoms. The molecule has 1 aromatic rings. The highest BCUT2D eigenvalue weighted by Crippen LogP contribution is 2.24. The summed E-state index contributed by atoms with van der Waals surface area (Å²) in [6.07, 6.45) is -0.986. The number of urea groups is 1. The Morgan fingerprint density at radius 2 is 0.953 bits per heavy atom. The zero-order chi connectivity index (χ0) is 32.5. The molecule has 0 saturated carbocycles. The molecular weight excluding hydrogens is 576 g/mol. The number of carbonyl (C=O) groups excluding carboxylic acids is 3. The number of nitrogens with zero attached hydrogens (tertiary/aromatic N) is 8. The highest BCUT2D eigenvalue weighted by molar-refractivity contribution is 5.91. The van der Waals surface area contributed by atoms with Gasteiger partial charge >= 0.3 is 6.03 Å². The number of rotatable bonds is 17. The molecule has 2 atom stereocenters. The van der Waals surface area contributed by atoms with E-state index in [-0.39, 0.29) is 76.1 Å². The van der Waals surface area contributed by atoms with Crippen LogP contribution in [0.1, 0.15) is 13.8 Å². The van der Waals surface area contributed by atoms with Gasteiger partial charge in [-0.1, -0.05) is 0 Å². The minimum atomic E-state index is -0.493. The first-order valence-electron chi connectivity index (χ1n) is 12.7. The molecular formula is C24H44N8O11. The van der Waals surface area contributed by atoms with Crippen molar-refractivity contribution in [2.45, 2.75) is 26.3 Å². The third-order valence-corrected chi connectivity index (χ3v) is 5.58. The quantitative estimate of drug-likeness (QED) is 0.207. The number of ether oxygens (including phenoxy) is 8. The highest BCUT2D eigenvalue weighted by Gasteiger charge is 2.46. The molecule has 19 heteroatoms. The maximum Gasteiger partial charge on any atom is 0.328 e. The number of hydrogen-bond donors (Lipinski definition) is 0. The lowest BCUT2D eigenvalue weighted by atomic mass is 10.5. The Labute approximate surface area is 251 Å². The molecule has 43 heavy (non-hydrogen) atoms. The summed E-state index contributed by atoms with van der Waals surface area (Å²) >= 11 is 0. The lowest BCUT2D eigenvalue weighted by Crippen LogP contribution is -2.41. The Hall–Kier alpha value is -3.30. The van der Waals surface area contributed by atoms with Crippen molar-refractivity contribution in [3.05, 3.63) is 0 Å². The third-order valence-electron chi connectivity index (χ3n) is 5.58. The summed E-state index contributed by atoms with van der Waals surface area (Å²) < 4.78 is 40.7. The highest BCUT2D eigenvalue weighted by atomic mass is 16.6. The molecule has 1 fully saturated rings. The second-order valence-electron chi connectivity index (χ2n) is 8.65. The smallest absolute Gasteiger partial charge is 0.328 e. The van der Waals surface area contributed by atoms with E-state index >= 15 is 0 Å². The minimum absolute atomic E-state index is 0.0175. The van der Waals surface area contributed by atoms with Gasteiger partial charge in [-0.05, 0) is 0 Å². The summed E-state index contributed by atoms with van der Waals surface area (Å²) in [5.41, 5.74) is 0. The summed E-state index contributed by atoms with van der Waals surface area (Å²) in [5.74, 6) is -0.492. The van der Waals surface area contributed by atoms with Crippen LogP contribution in [-0.4, -0.2) is 152 Å². The Balaban J connectivity index is 0.000000490. The van der Waals surface area contributed by atoms with Crippen LogP contribution in [0.25, 0.3) is 0 Å². The van der Waals surface area contributed by atoms with Crippen molar-refractivity contribution in [1.82, 2.24) is 24.8 Å². The molecule has 1 aliphatic heterocycles. The second-order valence-corrected chi connectivity index (χ2v) is 8.65. The summed E-state index contributed by atoms with van der Waals surface area (Å²) in [5, 5.41) is 0. The van der Waals surface area contributed by atoms with E-state index in [1.807, 2.05) is 0 Å². The van der Waals surface area contributed by atoms with Gasteiger partial charge < -0.3 is 37.9 Å². The molecule has 2 heterocycles. The fourth-order valence-corrected chi connectivity index (χ4v) is 3.74. The van der Waals surface area contributed by atoms with Crippen molar-refractivity contribution in [2.24, 2.45) is 0 Å². The zero-order valence-corrected chi connectivity index (χ0v) is 26.5. The molecule has 1 aromatic heterocycles. The predicted octanol–water partition coefficient (Wildman–Crippen LogP) is -0.324. The number of methoxy groups -OCH3 is 8. The van der Waals surface area contributed by atoms with E-state index in [0.29, 0.717) is 0 Å². The Bertz CT molecular complexity index is 938. The monoisotopic (exact) mass is 620 g/mol. The topological polar surface area (TPSA) is 180 Å². The van der Waals surface area contributed by atoms with Crippen LogP contribution in [0.3, 0.4) is 0 Å². The van der Waals surface area contributed by atoms with Crippen LogP contribution in [0.4, 0.5) is 22.6 Å². The van der Waals surface area contributed by atoms with E-state index in [4.69, 9.17) is 37.9 Å². The lowest BCUT2D eigenvalue weighted by molar-refractivity contribution is -0.132. The lowest BCUT2D eigenvalue weighted by Gasteiger charge is -2.25. The number of hydrogen-bond acceptors (Lipinski definition) is 15. The zero-order valence-electron chi connectivity index (χ0n) is 26.5. The molecule has 2 rings (SSSR count). The van der Waals surface area contributed by atoms with E-state index in [1.165, 1.54) is 90.3 Å². The van der Waals surface area contributed by atoms with Crippen LogP contribution < -0.4 is 14.7 Å². The summed E-state index contributed by atoms with van der Waals surface area (Å²) in [7, 11) is 12.0. The van der Waals surface area contributed by atoms with Crippen molar-refractivity contribution >= 4 is 35.7 Å². The number of anilines is 3. The van der Waals surface area contributed by atoms with Gasteiger partial charge in [-0.3, -0.25) is 34.1 Å². The van der Waals surface area contributed by atoms with Crippen molar-refractivity contribution in [2.75, 3.05) is 112 Å². The molecule has 0 spiro atoms. The van der Waals surface area contributed by atoms with Gasteiger partial charge in [0.15, 0.2) is 12.5 Å². The van der Waals surface area contributed by atoms with Gasteiger partial charge in [0.2, 0.25) is 29.7 Å². The minimum Gasteiger partial charge on any atom is -0.364 e. The van der Waals surface area contributed by atoms with Crippen LogP contribution in [0, 0.1) is 0 Å². The SMILES string of the molecule is COCN(COC)c1nc(N(COC)C(C)=O)nc(N(COC)C(C)=O)n1.COCN1C(=O)N(COC)C(OC)C1OC. The molecule has 19 nitrogen and oxygen atoms in total. The van der Waals surface area contributed by atoms with E-state index < -0.39 is 12.5 Å². The van der Waals surface area contributed by atoms with Crippen LogP contribution in [0.15, 0.2) is 0 Å². The Kier molecular flexibility index (Phi) is 17.4. The van der Waals surface area contributed by atoms with E-state index in [9.17, 15) is 14.4 Å². The van der Waals surface area contributed by atoms with Crippen molar-refractivity contribution in [3.8, 4) is 0 Å². The number of carbonyl (C=O) groups is 3. The fourth-order valence-electron chi connectivity index (χ4n) is 3.74. The standard InChI is InChI=1S/C15H26N6O6.C9H18N2O5/c1-11(22)20(9-26-5)14-16-13(19(7-24-3)8-25-4)17-15(18-14)21(10-27-6)12(2)23;1-13-5-10-7(15-3)8(16-4)11(6-14-2)9(10)12/h7-10H2,1-6H3;7-8H,5-6H2,1-4H3. The van der Waals surface area contributed by atoms with E-state index in [0.717, 1.165) is 0 Å². The van der Waals surface area contributed by atoms with Gasteiger partial charge in [-0.25, -0.2) is 4.79 Å². The van der Waals surface area contributed by atoms with Crippen molar-refractivity contribution < 1.29 is 52.3 Å². The summed E-state index contributed by atoms with van der Waals surface area (Å²) in [6.45, 7) is 3.09. The van der Waals surface area contributed by atoms with Gasteiger partial charge in [0.25, 0.3) is 0 Å². The molecule has 2 unspecified atom stereocenters. The first-order valence-corrected chi connectivity index (χ1v) is 12.7. The van der Waals surface area contributed by atoms with E-state index in [1.54, 1.807) is 4.90 Å². The van der Waals surface area contributed by atoms with Crippen molar-refractivity contribution in [3.63, 3.8) is 0 Å². The number of amides is 4. The van der Waals surface area contributed by atoms with Gasteiger partial charge in [0, 0.05) is 70.7 Å². The molecule has 1 aliphatic rings. The summed E-state index contributed by atoms with van der Waals surface area (Å²) in [4.78, 5) is 55.6. The van der Waals surface area contributed by atoms with Crippen LogP contribution in [0.5, 0.6) is 0 Å². The van der Waals surface area contributed by atoms with Crippen LogP contribution >= 0.6 is 0 Å².